The number of nitrogens with zero attached hydrogens (tertiary/aromatic N) is 2. The second kappa shape index (κ2) is 12.3. The molecule has 1 heterocycles. The van der Waals surface area contributed by atoms with E-state index >= 15 is 0 Å². The fourth-order valence-corrected chi connectivity index (χ4v) is 5.07. The van der Waals surface area contributed by atoms with Crippen molar-refractivity contribution in [3.63, 3.8) is 0 Å². The average molecular weight is 415 g/mol. The highest BCUT2D eigenvalue weighted by atomic mass is 16.3. The number of aliphatic imine (C=N–C) groups is 1. The molecule has 0 aromatic heterocycles. The van der Waals surface area contributed by atoms with Gasteiger partial charge in [0.1, 0.15) is 0 Å². The first-order chi connectivity index (χ1) is 14.7. The topological polar surface area (TPSA) is 59.9 Å². The lowest BCUT2D eigenvalue weighted by Crippen LogP contribution is -2.41. The van der Waals surface area contributed by atoms with Crippen LogP contribution in [0.5, 0.6) is 0 Å². The van der Waals surface area contributed by atoms with E-state index in [1.807, 2.05) is 0 Å². The summed E-state index contributed by atoms with van der Waals surface area (Å²) in [6.45, 7) is 8.63. The molecular weight excluding hydrogens is 372 g/mol. The quantitative estimate of drug-likeness (QED) is 0.405. The van der Waals surface area contributed by atoms with E-state index in [1.165, 1.54) is 57.2 Å². The lowest BCUT2D eigenvalue weighted by Gasteiger charge is -2.35. The molecule has 30 heavy (non-hydrogen) atoms. The van der Waals surface area contributed by atoms with Crippen LogP contribution in [0.25, 0.3) is 0 Å². The number of nitrogens with one attached hydrogen (secondary N) is 2. The zero-order valence-electron chi connectivity index (χ0n) is 18.9. The third-order valence-corrected chi connectivity index (χ3v) is 6.96. The molecule has 0 amide bonds. The first-order valence-electron chi connectivity index (χ1n) is 12.1. The molecule has 1 atom stereocenters. The molecule has 1 aliphatic heterocycles. The van der Waals surface area contributed by atoms with Gasteiger partial charge in [0.2, 0.25) is 0 Å². The minimum atomic E-state index is 0.205. The van der Waals surface area contributed by atoms with Gasteiger partial charge in [-0.15, -0.1) is 0 Å². The number of aliphatic hydroxyl groups is 1. The molecule has 1 unspecified atom stereocenters. The Morgan fingerprint density at radius 1 is 1.17 bits per heavy atom. The van der Waals surface area contributed by atoms with Crippen molar-refractivity contribution in [3.05, 3.63) is 35.9 Å². The van der Waals surface area contributed by atoms with Crippen molar-refractivity contribution >= 4 is 5.96 Å². The maximum Gasteiger partial charge on any atom is 0.191 e. The summed E-state index contributed by atoms with van der Waals surface area (Å²) in [5, 5.41) is 16.6. The SMILES string of the molecule is CCNC(=NCC1(CCO)CCCCC1)NCC1CCN(CCc2ccccc2)C1. The summed E-state index contributed by atoms with van der Waals surface area (Å²) < 4.78 is 0. The Bertz CT molecular complexity index is 622. The molecule has 5 nitrogen and oxygen atoms in total. The van der Waals surface area contributed by atoms with Crippen molar-refractivity contribution in [1.82, 2.24) is 15.5 Å². The first kappa shape index (κ1) is 23.1. The molecule has 3 rings (SSSR count). The number of hydrogen-bond acceptors (Lipinski definition) is 3. The van der Waals surface area contributed by atoms with E-state index in [4.69, 9.17) is 4.99 Å². The summed E-state index contributed by atoms with van der Waals surface area (Å²) in [5.41, 5.74) is 1.64. The monoisotopic (exact) mass is 414 g/mol. The molecule has 168 valence electrons. The van der Waals surface area contributed by atoms with Gasteiger partial charge in [-0.3, -0.25) is 4.99 Å². The lowest BCUT2D eigenvalue weighted by atomic mass is 9.72. The Labute approximate surface area is 183 Å². The van der Waals surface area contributed by atoms with Crippen LogP contribution >= 0.6 is 0 Å². The molecule has 0 radical (unpaired) electrons. The van der Waals surface area contributed by atoms with Gasteiger partial charge in [-0.25, -0.2) is 0 Å². The maximum atomic E-state index is 9.56. The van der Waals surface area contributed by atoms with Crippen molar-refractivity contribution < 1.29 is 5.11 Å². The molecule has 2 fully saturated rings. The van der Waals surface area contributed by atoms with Gasteiger partial charge in [0.15, 0.2) is 5.96 Å². The third-order valence-electron chi connectivity index (χ3n) is 6.96. The van der Waals surface area contributed by atoms with Gasteiger partial charge >= 0.3 is 0 Å². The highest BCUT2D eigenvalue weighted by Crippen LogP contribution is 2.39. The largest absolute Gasteiger partial charge is 0.396 e. The van der Waals surface area contributed by atoms with E-state index in [0.29, 0.717) is 5.92 Å². The summed E-state index contributed by atoms with van der Waals surface area (Å²) in [6, 6.07) is 10.8. The van der Waals surface area contributed by atoms with Crippen molar-refractivity contribution in [2.45, 2.75) is 58.3 Å². The van der Waals surface area contributed by atoms with Crippen LogP contribution in [0.15, 0.2) is 35.3 Å². The molecule has 1 saturated heterocycles. The maximum absolute atomic E-state index is 9.56. The number of rotatable bonds is 10. The summed E-state index contributed by atoms with van der Waals surface area (Å²) in [7, 11) is 0. The normalized spacial score (nSPS) is 22.2. The highest BCUT2D eigenvalue weighted by Gasteiger charge is 2.31. The van der Waals surface area contributed by atoms with Crippen LogP contribution in [0.1, 0.15) is 57.4 Å². The summed E-state index contributed by atoms with van der Waals surface area (Å²) in [4.78, 5) is 7.55. The molecule has 0 bridgehead atoms. The third kappa shape index (κ3) is 7.28. The standard InChI is InChI=1S/C25H42N4O/c1-2-26-24(28-21-25(15-18-30)13-7-4-8-14-25)27-19-23-12-17-29(20-23)16-11-22-9-5-3-6-10-22/h3,5-6,9-10,23,30H,2,4,7-8,11-21H2,1H3,(H2,26,27,28). The molecule has 3 N–H and O–H groups in total. The summed E-state index contributed by atoms with van der Waals surface area (Å²) >= 11 is 0. The Balaban J connectivity index is 1.44. The van der Waals surface area contributed by atoms with Gasteiger partial charge in [0, 0.05) is 39.3 Å². The predicted molar refractivity (Wildman–Crippen MR) is 126 cm³/mol. The smallest absolute Gasteiger partial charge is 0.191 e. The van der Waals surface area contributed by atoms with Crippen molar-refractivity contribution in [2.75, 3.05) is 45.9 Å². The number of hydrogen-bond donors (Lipinski definition) is 3. The predicted octanol–water partition coefficient (Wildman–Crippen LogP) is 3.44. The van der Waals surface area contributed by atoms with E-state index in [1.54, 1.807) is 0 Å². The van der Waals surface area contributed by atoms with Gasteiger partial charge in [-0.1, -0.05) is 49.6 Å². The Morgan fingerprint density at radius 2 is 1.97 bits per heavy atom. The van der Waals surface area contributed by atoms with Gasteiger partial charge in [0.25, 0.3) is 0 Å². The second-order valence-electron chi connectivity index (χ2n) is 9.30. The van der Waals surface area contributed by atoms with Crippen LogP contribution in [0.3, 0.4) is 0 Å². The van der Waals surface area contributed by atoms with E-state index in [2.05, 4.69) is 52.8 Å². The first-order valence-corrected chi connectivity index (χ1v) is 12.1. The van der Waals surface area contributed by atoms with Crippen LogP contribution in [-0.4, -0.2) is 61.8 Å². The van der Waals surface area contributed by atoms with Crippen LogP contribution < -0.4 is 10.6 Å². The molecule has 2 aliphatic rings. The number of aliphatic hydroxyl groups excluding tert-OH is 1. The molecule has 1 aromatic rings. The number of guanidine groups is 1. The number of benzene rings is 1. The Hall–Kier alpha value is -1.59. The summed E-state index contributed by atoms with van der Waals surface area (Å²) in [5.74, 6) is 1.63. The van der Waals surface area contributed by atoms with E-state index < -0.39 is 0 Å². The van der Waals surface area contributed by atoms with Crippen LogP contribution in [0.4, 0.5) is 0 Å². The van der Waals surface area contributed by atoms with Gasteiger partial charge in [-0.05, 0) is 62.5 Å². The molecule has 0 spiro atoms. The minimum Gasteiger partial charge on any atom is -0.396 e. The van der Waals surface area contributed by atoms with E-state index in [-0.39, 0.29) is 12.0 Å². The highest BCUT2D eigenvalue weighted by molar-refractivity contribution is 5.79. The molecule has 5 heteroatoms. The molecule has 1 saturated carbocycles. The van der Waals surface area contributed by atoms with Crippen molar-refractivity contribution in [3.8, 4) is 0 Å². The zero-order valence-corrected chi connectivity index (χ0v) is 18.9. The fraction of sp³-hybridized carbons (Fsp3) is 0.720. The van der Waals surface area contributed by atoms with Crippen LogP contribution in [0, 0.1) is 11.3 Å². The van der Waals surface area contributed by atoms with Crippen molar-refractivity contribution in [1.29, 1.82) is 0 Å². The zero-order chi connectivity index (χ0) is 21.1. The van der Waals surface area contributed by atoms with Gasteiger partial charge < -0.3 is 20.6 Å². The Morgan fingerprint density at radius 3 is 2.70 bits per heavy atom. The van der Waals surface area contributed by atoms with Gasteiger partial charge in [0.05, 0.1) is 0 Å². The molecule has 1 aromatic carbocycles. The van der Waals surface area contributed by atoms with E-state index in [9.17, 15) is 5.11 Å². The van der Waals surface area contributed by atoms with E-state index in [0.717, 1.165) is 45.0 Å². The molecular formula is C25H42N4O. The molecule has 1 aliphatic carbocycles. The van der Waals surface area contributed by atoms with Crippen LogP contribution in [-0.2, 0) is 6.42 Å². The average Bonchev–Trinajstić information content (AvgIpc) is 3.24. The lowest BCUT2D eigenvalue weighted by molar-refractivity contribution is 0.137. The van der Waals surface area contributed by atoms with Crippen molar-refractivity contribution in [2.24, 2.45) is 16.3 Å². The second-order valence-corrected chi connectivity index (χ2v) is 9.30. The van der Waals surface area contributed by atoms with Gasteiger partial charge in [-0.2, -0.15) is 0 Å². The summed E-state index contributed by atoms with van der Waals surface area (Å²) in [6.07, 6.45) is 9.58. The fourth-order valence-electron chi connectivity index (χ4n) is 5.07. The number of likely N-dealkylation sites (tertiary alicyclic amines) is 1. The minimum absolute atomic E-state index is 0.205. The van der Waals surface area contributed by atoms with Crippen LogP contribution in [0.2, 0.25) is 0 Å². The Kier molecular flexibility index (Phi) is 9.47.